The molecular weight excluding hydrogens is 1400 g/mol. The molecule has 0 aromatic heterocycles. The van der Waals surface area contributed by atoms with Gasteiger partial charge in [0, 0.05) is 87.0 Å². The Balaban J connectivity index is 0.679. The predicted octanol–water partition coefficient (Wildman–Crippen LogP) is 3.43. The van der Waals surface area contributed by atoms with Gasteiger partial charge in [0.1, 0.15) is 103 Å². The van der Waals surface area contributed by atoms with E-state index in [1.165, 1.54) is 5.56 Å². The second-order valence-electron chi connectivity index (χ2n) is 30.7. The van der Waals surface area contributed by atoms with Gasteiger partial charge in [0.15, 0.2) is 24.8 Å². The fourth-order valence-corrected chi connectivity index (χ4v) is 17.6. The average molecular weight is 1510 g/mol. The Bertz CT molecular complexity index is 3950. The van der Waals surface area contributed by atoms with E-state index >= 15 is 0 Å². The van der Waals surface area contributed by atoms with Crippen LogP contribution < -0.4 is 15.5 Å². The number of carbonyl (C=O) groups is 2. The highest BCUT2D eigenvalue weighted by atomic mass is 16.7. The molecule has 5 unspecified atom stereocenters. The number of amides is 2. The maximum Gasteiger partial charge on any atom is 0.226 e. The van der Waals surface area contributed by atoms with Crippen molar-refractivity contribution < 1.29 is 117 Å². The molecule has 0 spiro atoms. The van der Waals surface area contributed by atoms with E-state index in [9.17, 15) is 60.7 Å². The van der Waals surface area contributed by atoms with Crippen LogP contribution in [0.2, 0.25) is 0 Å². The van der Waals surface area contributed by atoms with Crippen LogP contribution in [0.5, 0.6) is 0 Å². The molecule has 8 bridgehead atoms. The summed E-state index contributed by atoms with van der Waals surface area (Å²) in [5.41, 5.74) is 7.46. The molecular formula is C81H109N4O23+. The van der Waals surface area contributed by atoms with E-state index in [4.69, 9.17) is 52.1 Å². The summed E-state index contributed by atoms with van der Waals surface area (Å²) < 4.78 is 69.5. The van der Waals surface area contributed by atoms with Crippen LogP contribution in [0.15, 0.2) is 120 Å². The molecule has 0 saturated carbocycles. The SMILES string of the molecule is COC1=C(C=CC2=[N+](CCC(=O)NCCCO[C@H]3[C@H]4CCCOC5[C@@H](CO)OC(OC([C@@H](CO)O4)[C@@H]3O)[C@H](O)[C@H]5O)c3ccc4ccccc4c3C2(C)C)CCCC1=CC=C1N(CCC(=O)NCCCO[C@H]2[C@H]3OC4[C@@H](CO)OC(CCCO[C@@H]([C@@H]2O)[C@@H](CO)O3)[C@H](O)[C@H]4O)c2ccc3ccccc3c2C1(C)C. The van der Waals surface area contributed by atoms with Crippen molar-refractivity contribution in [3.63, 3.8) is 0 Å². The van der Waals surface area contributed by atoms with Crippen LogP contribution in [0.1, 0.15) is 109 Å². The van der Waals surface area contributed by atoms with Gasteiger partial charge in [-0.25, -0.2) is 0 Å². The van der Waals surface area contributed by atoms with E-state index in [1.54, 1.807) is 7.11 Å². The summed E-state index contributed by atoms with van der Waals surface area (Å²) in [5.74, 6) is 0.444. The van der Waals surface area contributed by atoms with Crippen molar-refractivity contribution in [2.45, 2.75) is 232 Å². The van der Waals surface area contributed by atoms with Gasteiger partial charge in [-0.05, 0) is 134 Å². The molecule has 12 fully saturated rings. The smallest absolute Gasteiger partial charge is 0.226 e. The number of aliphatic hydroxyl groups excluding tert-OH is 10. The van der Waals surface area contributed by atoms with Crippen molar-refractivity contribution in [2.75, 3.05) is 91.0 Å². The fraction of sp³-hybridized carbons (Fsp3) is 0.617. The molecule has 1 aliphatic carbocycles. The summed E-state index contributed by atoms with van der Waals surface area (Å²) in [7, 11) is 1.71. The molecule has 14 aliphatic heterocycles. The lowest BCUT2D eigenvalue weighted by Gasteiger charge is -2.47. The molecule has 19 rings (SSSR count). The Labute approximate surface area is 629 Å². The van der Waals surface area contributed by atoms with Crippen molar-refractivity contribution >= 4 is 50.4 Å². The minimum atomic E-state index is -1.59. The first-order chi connectivity index (χ1) is 52.2. The molecule has 108 heavy (non-hydrogen) atoms. The molecule has 14 heterocycles. The lowest BCUT2D eigenvalue weighted by Crippen LogP contribution is -2.65. The van der Waals surface area contributed by atoms with E-state index in [0.717, 1.165) is 86.1 Å². The number of aliphatic hydroxyl groups is 10. The number of benzene rings is 4. The number of hydrogen-bond donors (Lipinski definition) is 12. The summed E-state index contributed by atoms with van der Waals surface area (Å²) in [5, 5.41) is 119. The Morgan fingerprint density at radius 3 is 1.79 bits per heavy atom. The first-order valence-electron chi connectivity index (χ1n) is 38.5. The third-order valence-corrected chi connectivity index (χ3v) is 23.1. The highest BCUT2D eigenvalue weighted by molar-refractivity contribution is 6.08. The van der Waals surface area contributed by atoms with Crippen LogP contribution in [0.4, 0.5) is 11.4 Å². The van der Waals surface area contributed by atoms with E-state index in [0.29, 0.717) is 51.6 Å². The lowest BCUT2D eigenvalue weighted by molar-refractivity contribution is -0.436. The lowest BCUT2D eigenvalue weighted by atomic mass is 9.78. The highest BCUT2D eigenvalue weighted by Gasteiger charge is 2.55. The van der Waals surface area contributed by atoms with Gasteiger partial charge >= 0.3 is 0 Å². The van der Waals surface area contributed by atoms with Crippen LogP contribution in [0, 0.1) is 0 Å². The number of methoxy groups -OCH3 is 1. The zero-order chi connectivity index (χ0) is 76.1. The normalized spacial score (nSPS) is 34.2. The summed E-state index contributed by atoms with van der Waals surface area (Å²) in [6.07, 6.45) is -10.0. The number of rotatable bonds is 24. The monoisotopic (exact) mass is 1510 g/mol. The Morgan fingerprint density at radius 1 is 0.565 bits per heavy atom. The Morgan fingerprint density at radius 2 is 1.12 bits per heavy atom. The molecule has 20 atom stereocenters. The number of allylic oxidation sites excluding steroid dienone is 7. The van der Waals surface area contributed by atoms with Crippen molar-refractivity contribution in [1.29, 1.82) is 0 Å². The zero-order valence-corrected chi connectivity index (χ0v) is 62.2. The highest BCUT2D eigenvalue weighted by Crippen LogP contribution is 2.52. The number of ether oxygens (including phenoxy) is 11. The van der Waals surface area contributed by atoms with Crippen molar-refractivity contribution in [2.24, 2.45) is 0 Å². The first kappa shape index (κ1) is 79.8. The molecule has 4 aromatic carbocycles. The molecule has 27 nitrogen and oxygen atoms in total. The molecule has 15 aliphatic rings. The molecule has 27 heteroatoms. The van der Waals surface area contributed by atoms with Gasteiger partial charge in [-0.2, -0.15) is 4.58 Å². The second kappa shape index (κ2) is 35.2. The standard InChI is InChI=1S/C81H108N4O23/c1-80(2)59(84(51-27-23-45-15-6-8-19-49(45)63(51)80)35-31-61(90)82-33-13-39-101-72-54-22-12-38-99-73-55(41-86)105-78(68(95)67(73)94)107-76(69(72)96)58(44-89)104-54)29-25-47-17-10-18-48(71(47)98-5)26-30-60-81(3,4)64-50-20-9-7-16-46(50)24-28-52(64)85(60)36-32-62(91)83-34-14-40-102-77-70(97)74-56(42-87)106-79(77)108-75-57(43-88)103-53(21-11-37-100-74)65(92)66(75)93/h6-9,15-16,19-20,23-30,53-58,65-70,72-79,86-89,92-97H,10-14,17-18,21-22,31-44H2,1-5H3,(H-,82,83,90,91)/p+1/t53?,54-,55-,56-,57-,58-,65+,66-,67-,68-,69-,70+,72+,73?,74-,75?,76?,77-,78?,79-/m1/s1. The maximum atomic E-state index is 14.0. The summed E-state index contributed by atoms with van der Waals surface area (Å²) >= 11 is 0. The number of anilines is 1. The predicted molar refractivity (Wildman–Crippen MR) is 395 cm³/mol. The van der Waals surface area contributed by atoms with Gasteiger partial charge in [-0.15, -0.1) is 0 Å². The third kappa shape index (κ3) is 16.4. The third-order valence-electron chi connectivity index (χ3n) is 23.1. The van der Waals surface area contributed by atoms with Gasteiger partial charge < -0.3 is 119 Å². The van der Waals surface area contributed by atoms with Crippen LogP contribution >= 0.6 is 0 Å². The van der Waals surface area contributed by atoms with Gasteiger partial charge in [0.25, 0.3) is 0 Å². The number of fused-ring (bicyclic) bond motifs is 6. The van der Waals surface area contributed by atoms with Crippen LogP contribution in [0.25, 0.3) is 21.5 Å². The largest absolute Gasteiger partial charge is 0.496 e. The second-order valence-corrected chi connectivity index (χ2v) is 30.7. The minimum absolute atomic E-state index is 0.0373. The van der Waals surface area contributed by atoms with Gasteiger partial charge in [-0.1, -0.05) is 74.5 Å². The van der Waals surface area contributed by atoms with Gasteiger partial charge in [0.05, 0.1) is 57.6 Å². The zero-order valence-electron chi connectivity index (χ0n) is 62.2. The van der Waals surface area contributed by atoms with Crippen molar-refractivity contribution in [3.05, 3.63) is 131 Å². The molecule has 12 saturated heterocycles. The Kier molecular flexibility index (Phi) is 26.0. The number of nitrogens with zero attached hydrogens (tertiary/aromatic N) is 2. The van der Waals surface area contributed by atoms with Crippen molar-refractivity contribution in [3.8, 4) is 0 Å². The summed E-state index contributed by atoms with van der Waals surface area (Å²) in [4.78, 5) is 30.2. The molecule has 12 N–H and O–H groups in total. The van der Waals surface area contributed by atoms with Crippen LogP contribution in [0.3, 0.4) is 0 Å². The quantitative estimate of drug-likeness (QED) is 0.0353. The number of nitrogens with one attached hydrogen (secondary N) is 2. The Hall–Kier alpha value is -6.23. The fourth-order valence-electron chi connectivity index (χ4n) is 17.6. The molecule has 2 amide bonds. The van der Waals surface area contributed by atoms with Gasteiger partial charge in [0.2, 0.25) is 17.5 Å². The van der Waals surface area contributed by atoms with E-state index in [2.05, 4.69) is 133 Å². The average Bonchev–Trinajstić information content (AvgIpc) is 1.57. The molecule has 4 aromatic rings. The first-order valence-corrected chi connectivity index (χ1v) is 38.5. The van der Waals surface area contributed by atoms with Crippen LogP contribution in [-0.4, -0.2) is 282 Å². The van der Waals surface area contributed by atoms with Crippen molar-refractivity contribution in [1.82, 2.24) is 10.6 Å². The maximum absolute atomic E-state index is 14.0. The number of hydrogen-bond acceptors (Lipinski definition) is 24. The van der Waals surface area contributed by atoms with Gasteiger partial charge in [-0.3, -0.25) is 9.59 Å². The van der Waals surface area contributed by atoms with E-state index in [-0.39, 0.29) is 64.2 Å². The summed E-state index contributed by atoms with van der Waals surface area (Å²) in [6, 6.07) is 25.2. The molecule has 590 valence electrons. The van der Waals surface area contributed by atoms with E-state index in [1.807, 2.05) is 12.1 Å². The topological polar surface area (TPSA) is 368 Å². The number of carbonyl (C=O) groups excluding carboxylic acids is 2. The molecule has 0 radical (unpaired) electrons. The van der Waals surface area contributed by atoms with Crippen LogP contribution in [-0.2, 0) is 72.5 Å². The minimum Gasteiger partial charge on any atom is -0.496 e. The van der Waals surface area contributed by atoms with E-state index < -0.39 is 160 Å². The summed E-state index contributed by atoms with van der Waals surface area (Å²) in [6.45, 7) is 8.45.